The zero-order valence-electron chi connectivity index (χ0n) is 5.89. The fourth-order valence-corrected chi connectivity index (χ4v) is 1.50. The highest BCUT2D eigenvalue weighted by molar-refractivity contribution is 4.79. The van der Waals surface area contributed by atoms with Crippen molar-refractivity contribution in [2.75, 3.05) is 0 Å². The predicted molar refractivity (Wildman–Crippen MR) is 35.9 cm³/mol. The van der Waals surface area contributed by atoms with Gasteiger partial charge in [-0.1, -0.05) is 12.8 Å². The van der Waals surface area contributed by atoms with Crippen molar-refractivity contribution in [3.8, 4) is 0 Å². The Morgan fingerprint density at radius 3 is 2.20 bits per heavy atom. The Hall–Kier alpha value is -0.180. The van der Waals surface area contributed by atoms with E-state index in [1.807, 2.05) is 0 Å². The number of rotatable bonds is 1. The first kappa shape index (κ1) is 7.92. The van der Waals surface area contributed by atoms with Crippen LogP contribution in [0.15, 0.2) is 0 Å². The van der Waals surface area contributed by atoms with Crippen molar-refractivity contribution in [2.24, 2.45) is 11.7 Å². The highest BCUT2D eigenvalue weighted by Crippen LogP contribution is 2.27. The van der Waals surface area contributed by atoms with Gasteiger partial charge in [-0.05, 0) is 12.8 Å². The van der Waals surface area contributed by atoms with E-state index in [1.165, 1.54) is 0 Å². The molecule has 3 heteroatoms. The van der Waals surface area contributed by atoms with E-state index in [1.54, 1.807) is 0 Å². The summed E-state index contributed by atoms with van der Waals surface area (Å²) in [7, 11) is 0. The lowest BCUT2D eigenvalue weighted by Gasteiger charge is -2.27. The van der Waals surface area contributed by atoms with Crippen molar-refractivity contribution >= 4 is 0 Å². The molecular formula is C7H13F2N. The molecule has 1 fully saturated rings. The zero-order valence-corrected chi connectivity index (χ0v) is 5.89. The summed E-state index contributed by atoms with van der Waals surface area (Å²) in [6, 6.07) is -0.256. The van der Waals surface area contributed by atoms with Gasteiger partial charge >= 0.3 is 0 Å². The van der Waals surface area contributed by atoms with E-state index in [0.717, 1.165) is 19.3 Å². The predicted octanol–water partition coefficient (Wildman–Crippen LogP) is 1.77. The fraction of sp³-hybridized carbons (Fsp3) is 1.00. The summed E-state index contributed by atoms with van der Waals surface area (Å²) >= 11 is 0. The van der Waals surface area contributed by atoms with Crippen LogP contribution < -0.4 is 5.73 Å². The molecule has 0 heterocycles. The molecule has 0 bridgehead atoms. The van der Waals surface area contributed by atoms with E-state index >= 15 is 0 Å². The summed E-state index contributed by atoms with van der Waals surface area (Å²) < 4.78 is 24.2. The Kier molecular flexibility index (Phi) is 2.60. The maximum absolute atomic E-state index is 12.1. The van der Waals surface area contributed by atoms with E-state index in [2.05, 4.69) is 0 Å². The topological polar surface area (TPSA) is 26.0 Å². The third kappa shape index (κ3) is 1.66. The van der Waals surface area contributed by atoms with Crippen LogP contribution in [-0.4, -0.2) is 12.5 Å². The number of hydrogen-bond acceptors (Lipinski definition) is 1. The van der Waals surface area contributed by atoms with Crippen molar-refractivity contribution in [1.29, 1.82) is 0 Å². The molecule has 1 aliphatic carbocycles. The summed E-state index contributed by atoms with van der Waals surface area (Å²) in [5.74, 6) is -0.534. The molecule has 1 rings (SSSR count). The molecule has 0 radical (unpaired) electrons. The zero-order chi connectivity index (χ0) is 7.56. The second-order valence-electron chi connectivity index (χ2n) is 2.95. The Bertz CT molecular complexity index is 106. The number of nitrogens with two attached hydrogens (primary N) is 1. The molecule has 2 N–H and O–H groups in total. The lowest BCUT2D eigenvalue weighted by Crippen LogP contribution is -2.37. The average Bonchev–Trinajstić information content (AvgIpc) is 1.88. The molecular weight excluding hydrogens is 136 g/mol. The third-order valence-electron chi connectivity index (χ3n) is 2.20. The van der Waals surface area contributed by atoms with Crippen LogP contribution in [0.2, 0.25) is 0 Å². The first-order valence-corrected chi connectivity index (χ1v) is 3.75. The lowest BCUT2D eigenvalue weighted by atomic mass is 9.85. The Labute approximate surface area is 59.6 Å². The van der Waals surface area contributed by atoms with E-state index in [9.17, 15) is 8.78 Å². The molecule has 0 aromatic heterocycles. The maximum Gasteiger partial charge on any atom is 0.242 e. The minimum Gasteiger partial charge on any atom is -0.327 e. The normalized spacial score (nSPS) is 34.8. The van der Waals surface area contributed by atoms with Crippen molar-refractivity contribution in [3.05, 3.63) is 0 Å². The second-order valence-corrected chi connectivity index (χ2v) is 2.95. The first-order chi connectivity index (χ1) is 4.72. The standard InChI is InChI=1S/C7H13F2N/c8-7(9)5-3-1-2-4-6(5)10/h5-7H,1-4,10H2/t5-,6-/m1/s1. The van der Waals surface area contributed by atoms with Gasteiger partial charge < -0.3 is 5.73 Å². The van der Waals surface area contributed by atoms with Crippen molar-refractivity contribution in [1.82, 2.24) is 0 Å². The van der Waals surface area contributed by atoms with Crippen LogP contribution in [0.3, 0.4) is 0 Å². The Morgan fingerprint density at radius 2 is 1.80 bits per heavy atom. The van der Waals surface area contributed by atoms with Crippen molar-refractivity contribution < 1.29 is 8.78 Å². The first-order valence-electron chi connectivity index (χ1n) is 3.75. The molecule has 0 amide bonds. The van der Waals surface area contributed by atoms with Crippen LogP contribution >= 0.6 is 0 Å². The molecule has 0 aliphatic heterocycles. The molecule has 1 aliphatic rings. The quantitative estimate of drug-likeness (QED) is 0.604. The van der Waals surface area contributed by atoms with E-state index < -0.39 is 12.3 Å². The summed E-state index contributed by atoms with van der Waals surface area (Å²) in [5.41, 5.74) is 5.50. The molecule has 1 saturated carbocycles. The highest BCUT2D eigenvalue weighted by atomic mass is 19.3. The molecule has 60 valence electrons. The van der Waals surface area contributed by atoms with Crippen molar-refractivity contribution in [3.63, 3.8) is 0 Å². The van der Waals surface area contributed by atoms with Gasteiger partial charge in [-0.25, -0.2) is 8.78 Å². The summed E-state index contributed by atoms with van der Waals surface area (Å²) in [6.45, 7) is 0. The summed E-state index contributed by atoms with van der Waals surface area (Å²) in [6.07, 6.45) is 1.11. The van der Waals surface area contributed by atoms with E-state index in [4.69, 9.17) is 5.73 Å². The molecule has 0 aromatic rings. The Balaban J connectivity index is 2.40. The molecule has 2 atom stereocenters. The molecule has 0 spiro atoms. The van der Waals surface area contributed by atoms with Crippen molar-refractivity contribution in [2.45, 2.75) is 38.2 Å². The molecule has 1 nitrogen and oxygen atoms in total. The van der Waals surface area contributed by atoms with Crippen LogP contribution in [0.25, 0.3) is 0 Å². The van der Waals surface area contributed by atoms with Gasteiger partial charge in [0.2, 0.25) is 6.43 Å². The largest absolute Gasteiger partial charge is 0.327 e. The van der Waals surface area contributed by atoms with Gasteiger partial charge in [0, 0.05) is 12.0 Å². The summed E-state index contributed by atoms with van der Waals surface area (Å²) in [5, 5.41) is 0. The van der Waals surface area contributed by atoms with Gasteiger partial charge in [-0.2, -0.15) is 0 Å². The van der Waals surface area contributed by atoms with Gasteiger partial charge in [0.1, 0.15) is 0 Å². The number of halogens is 2. The SMILES string of the molecule is N[C@@H]1CCCC[C@H]1C(F)F. The molecule has 0 aromatic carbocycles. The van der Waals surface area contributed by atoms with Crippen LogP contribution in [0, 0.1) is 5.92 Å². The van der Waals surface area contributed by atoms with E-state index in [-0.39, 0.29) is 6.04 Å². The monoisotopic (exact) mass is 149 g/mol. The number of hydrogen-bond donors (Lipinski definition) is 1. The number of alkyl halides is 2. The molecule has 10 heavy (non-hydrogen) atoms. The van der Waals surface area contributed by atoms with Crippen LogP contribution in [0.5, 0.6) is 0 Å². The van der Waals surface area contributed by atoms with Crippen LogP contribution in [0.4, 0.5) is 8.78 Å². The van der Waals surface area contributed by atoms with Gasteiger partial charge in [0.05, 0.1) is 0 Å². The summed E-state index contributed by atoms with van der Waals surface area (Å²) in [4.78, 5) is 0. The minimum absolute atomic E-state index is 0.256. The maximum atomic E-state index is 12.1. The van der Waals surface area contributed by atoms with Gasteiger partial charge in [-0.3, -0.25) is 0 Å². The fourth-order valence-electron chi connectivity index (χ4n) is 1.50. The van der Waals surface area contributed by atoms with Gasteiger partial charge in [0.25, 0.3) is 0 Å². The second kappa shape index (κ2) is 3.28. The molecule has 0 unspecified atom stereocenters. The highest BCUT2D eigenvalue weighted by Gasteiger charge is 2.29. The Morgan fingerprint density at radius 1 is 1.20 bits per heavy atom. The van der Waals surface area contributed by atoms with Crippen LogP contribution in [0.1, 0.15) is 25.7 Å². The van der Waals surface area contributed by atoms with E-state index in [0.29, 0.717) is 6.42 Å². The lowest BCUT2D eigenvalue weighted by molar-refractivity contribution is 0.0448. The minimum atomic E-state index is -2.21. The van der Waals surface area contributed by atoms with Crippen LogP contribution in [-0.2, 0) is 0 Å². The average molecular weight is 149 g/mol. The smallest absolute Gasteiger partial charge is 0.242 e. The van der Waals surface area contributed by atoms with Gasteiger partial charge in [-0.15, -0.1) is 0 Å². The third-order valence-corrected chi connectivity index (χ3v) is 2.20. The van der Waals surface area contributed by atoms with Gasteiger partial charge in [0.15, 0.2) is 0 Å². The molecule has 0 saturated heterocycles.